The van der Waals surface area contributed by atoms with Crippen LogP contribution in [0.15, 0.2) is 30.3 Å². The Hall–Kier alpha value is -0.690. The highest BCUT2D eigenvalue weighted by Crippen LogP contribution is 2.37. The van der Waals surface area contributed by atoms with Gasteiger partial charge in [-0.2, -0.15) is 0 Å². The SMILES string of the molecule is [O-][Cl+3]([O-])([O-])[O-].c1ccc(C23CC[NH+](CC2)CC3)cc1. The fourth-order valence-corrected chi connectivity index (χ4v) is 3.22. The minimum absolute atomic E-state index is 0.559. The van der Waals surface area contributed by atoms with Crippen LogP contribution in [-0.2, 0) is 5.41 Å². The van der Waals surface area contributed by atoms with E-state index in [1.54, 1.807) is 5.56 Å². The van der Waals surface area contributed by atoms with E-state index < -0.39 is 10.2 Å². The highest BCUT2D eigenvalue weighted by Gasteiger charge is 2.43. The van der Waals surface area contributed by atoms with Crippen LogP contribution in [0, 0.1) is 10.2 Å². The van der Waals surface area contributed by atoms with E-state index in [1.165, 1.54) is 38.9 Å². The Morgan fingerprint density at radius 3 is 1.68 bits per heavy atom. The maximum atomic E-state index is 8.49. The summed E-state index contributed by atoms with van der Waals surface area (Å²) < 4.78 is 34.0. The molecule has 5 nitrogen and oxygen atoms in total. The molecule has 3 aliphatic rings. The molecule has 0 aromatic heterocycles. The summed E-state index contributed by atoms with van der Waals surface area (Å²) in [4.78, 5) is 1.84. The number of fused-ring (bicyclic) bond motifs is 3. The van der Waals surface area contributed by atoms with Crippen LogP contribution in [0.25, 0.3) is 0 Å². The normalized spacial score (nSPS) is 29.6. The highest BCUT2D eigenvalue weighted by molar-refractivity contribution is 5.26. The maximum absolute atomic E-state index is 8.49. The van der Waals surface area contributed by atoms with Gasteiger partial charge in [-0.25, -0.2) is 18.6 Å². The Morgan fingerprint density at radius 1 is 0.842 bits per heavy atom. The van der Waals surface area contributed by atoms with Gasteiger partial charge in [-0.1, -0.05) is 30.3 Å². The highest BCUT2D eigenvalue weighted by atomic mass is 35.7. The molecule has 4 rings (SSSR count). The summed E-state index contributed by atoms with van der Waals surface area (Å²) in [6.07, 6.45) is 4.23. The first kappa shape index (κ1) is 14.7. The van der Waals surface area contributed by atoms with Gasteiger partial charge in [0.25, 0.3) is 0 Å². The van der Waals surface area contributed by atoms with Gasteiger partial charge in [-0.05, 0) is 5.56 Å². The molecule has 1 N–H and O–H groups in total. The predicted octanol–water partition coefficient (Wildman–Crippen LogP) is -3.75. The zero-order valence-electron chi connectivity index (χ0n) is 10.6. The third kappa shape index (κ3) is 4.14. The fraction of sp³-hybridized carbons (Fsp3) is 0.538. The van der Waals surface area contributed by atoms with E-state index in [4.69, 9.17) is 18.6 Å². The third-order valence-corrected chi connectivity index (χ3v) is 4.26. The molecule has 2 bridgehead atoms. The maximum Gasteiger partial charge on any atom is 0.0779 e. The summed E-state index contributed by atoms with van der Waals surface area (Å²) in [5.41, 5.74) is 2.15. The van der Waals surface area contributed by atoms with E-state index in [-0.39, 0.29) is 0 Å². The van der Waals surface area contributed by atoms with Crippen LogP contribution in [0.2, 0.25) is 0 Å². The summed E-state index contributed by atoms with van der Waals surface area (Å²) in [6.45, 7) is 4.19. The molecule has 1 aromatic rings. The van der Waals surface area contributed by atoms with E-state index in [2.05, 4.69) is 30.3 Å². The van der Waals surface area contributed by atoms with Gasteiger partial charge in [0.2, 0.25) is 0 Å². The zero-order chi connectivity index (χ0) is 13.9. The number of halogens is 1. The van der Waals surface area contributed by atoms with Crippen molar-refractivity contribution in [2.45, 2.75) is 24.7 Å². The van der Waals surface area contributed by atoms with E-state index in [0.717, 1.165) is 0 Å². The molecule has 106 valence electrons. The van der Waals surface area contributed by atoms with Gasteiger partial charge in [0.05, 0.1) is 19.6 Å². The molecule has 0 saturated carbocycles. The largest absolute Gasteiger partial charge is 0.335 e. The van der Waals surface area contributed by atoms with Gasteiger partial charge in [0.15, 0.2) is 0 Å². The van der Waals surface area contributed by atoms with E-state index in [9.17, 15) is 0 Å². The third-order valence-electron chi connectivity index (χ3n) is 4.26. The summed E-state index contributed by atoms with van der Waals surface area (Å²) in [5, 5.41) is 0. The van der Waals surface area contributed by atoms with E-state index >= 15 is 0 Å². The lowest BCUT2D eigenvalue weighted by atomic mass is 9.67. The molecule has 6 heteroatoms. The number of rotatable bonds is 1. The lowest BCUT2D eigenvalue weighted by Crippen LogP contribution is -3.15. The van der Waals surface area contributed by atoms with Crippen molar-refractivity contribution < 1.29 is 33.8 Å². The second kappa shape index (κ2) is 5.75. The van der Waals surface area contributed by atoms with Gasteiger partial charge < -0.3 is 4.90 Å². The van der Waals surface area contributed by atoms with Crippen LogP contribution in [0.4, 0.5) is 0 Å². The lowest BCUT2D eigenvalue weighted by molar-refractivity contribution is -2.00. The van der Waals surface area contributed by atoms with E-state index in [0.29, 0.717) is 5.41 Å². The first-order valence-corrected chi connectivity index (χ1v) is 7.63. The Morgan fingerprint density at radius 2 is 1.26 bits per heavy atom. The number of hydrogen-bond acceptors (Lipinski definition) is 4. The summed E-state index contributed by atoms with van der Waals surface area (Å²) in [5.74, 6) is 0. The summed E-state index contributed by atoms with van der Waals surface area (Å²) in [7, 11) is -4.94. The molecule has 0 atom stereocenters. The van der Waals surface area contributed by atoms with Gasteiger partial charge in [0.1, 0.15) is 0 Å². The molecule has 0 unspecified atom stereocenters. The van der Waals surface area contributed by atoms with Crippen molar-refractivity contribution in [3.8, 4) is 0 Å². The van der Waals surface area contributed by atoms with Crippen LogP contribution < -0.4 is 23.5 Å². The second-order valence-electron chi connectivity index (χ2n) is 5.27. The standard InChI is InChI=1S/C13H17N.ClHO4/c1-2-4-12(5-3-1)13-6-9-14(10-7-13)11-8-13;2-1(3,4)5/h1-5H,6-11H2;(H,2,3,4,5). The van der Waals surface area contributed by atoms with Gasteiger partial charge in [-0.3, -0.25) is 0 Å². The van der Waals surface area contributed by atoms with Crippen molar-refractivity contribution in [1.82, 2.24) is 0 Å². The van der Waals surface area contributed by atoms with Crippen molar-refractivity contribution in [2.24, 2.45) is 0 Å². The average Bonchev–Trinajstić information content (AvgIpc) is 2.40. The molecule has 1 aromatic carbocycles. The molecule has 0 aliphatic carbocycles. The molecule has 0 radical (unpaired) electrons. The Kier molecular flexibility index (Phi) is 4.45. The smallest absolute Gasteiger partial charge is 0.0779 e. The Labute approximate surface area is 114 Å². The number of quaternary nitrogens is 1. The first-order valence-electron chi connectivity index (χ1n) is 6.40. The summed E-state index contributed by atoms with van der Waals surface area (Å²) >= 11 is 0. The van der Waals surface area contributed by atoms with Crippen LogP contribution in [-0.4, -0.2) is 19.6 Å². The molecular formula is C13H18ClNO4. The van der Waals surface area contributed by atoms with Crippen molar-refractivity contribution in [3.63, 3.8) is 0 Å². The van der Waals surface area contributed by atoms with Gasteiger partial charge >= 0.3 is 0 Å². The Bertz CT molecular complexity index is 379. The second-order valence-corrected chi connectivity index (χ2v) is 6.03. The van der Waals surface area contributed by atoms with Crippen molar-refractivity contribution in [3.05, 3.63) is 35.9 Å². The molecule has 0 spiro atoms. The molecule has 3 heterocycles. The number of benzene rings is 1. The average molecular weight is 288 g/mol. The zero-order valence-corrected chi connectivity index (χ0v) is 11.4. The van der Waals surface area contributed by atoms with Gasteiger partial charge in [-0.15, -0.1) is 10.2 Å². The summed E-state index contributed by atoms with van der Waals surface area (Å²) in [6, 6.07) is 11.2. The number of nitrogens with one attached hydrogen (secondary N) is 1. The van der Waals surface area contributed by atoms with Crippen molar-refractivity contribution in [1.29, 1.82) is 0 Å². The lowest BCUT2D eigenvalue weighted by Gasteiger charge is -2.46. The first-order chi connectivity index (χ1) is 8.89. The molecule has 3 aliphatic heterocycles. The fourth-order valence-electron chi connectivity index (χ4n) is 3.22. The Balaban J connectivity index is 0.000000232. The minimum Gasteiger partial charge on any atom is -0.335 e. The molecule has 3 saturated heterocycles. The number of hydrogen-bond donors (Lipinski definition) is 1. The topological polar surface area (TPSA) is 96.7 Å². The molecule has 0 amide bonds. The van der Waals surface area contributed by atoms with Crippen LogP contribution in [0.3, 0.4) is 0 Å². The molecule has 3 fully saturated rings. The number of piperidine rings is 3. The minimum atomic E-state index is -4.94. The van der Waals surface area contributed by atoms with Crippen LogP contribution in [0.1, 0.15) is 24.8 Å². The molecule has 19 heavy (non-hydrogen) atoms. The van der Waals surface area contributed by atoms with Crippen LogP contribution >= 0.6 is 0 Å². The quantitative estimate of drug-likeness (QED) is 0.574. The predicted molar refractivity (Wildman–Crippen MR) is 57.5 cm³/mol. The molecular weight excluding hydrogens is 270 g/mol. The van der Waals surface area contributed by atoms with Gasteiger partial charge in [0, 0.05) is 24.7 Å². The monoisotopic (exact) mass is 287 g/mol. The van der Waals surface area contributed by atoms with Crippen molar-refractivity contribution >= 4 is 0 Å². The van der Waals surface area contributed by atoms with Crippen molar-refractivity contribution in [2.75, 3.05) is 19.6 Å². The van der Waals surface area contributed by atoms with Crippen LogP contribution in [0.5, 0.6) is 0 Å². The van der Waals surface area contributed by atoms with E-state index in [1.807, 2.05) is 4.90 Å².